The fourth-order valence-corrected chi connectivity index (χ4v) is 3.05. The smallest absolute Gasteiger partial charge is 0.136 e. The lowest BCUT2D eigenvalue weighted by molar-refractivity contribution is 0.548. The normalized spacial score (nSPS) is 14.0. The summed E-state index contributed by atoms with van der Waals surface area (Å²) in [5.74, 6) is -1.40. The molecule has 1 aliphatic rings. The molecule has 3 rings (SSSR count). The molecule has 1 nitrogen and oxygen atoms in total. The summed E-state index contributed by atoms with van der Waals surface area (Å²) < 4.78 is 29.1. The predicted molar refractivity (Wildman–Crippen MR) is 107 cm³/mol. The van der Waals surface area contributed by atoms with Gasteiger partial charge >= 0.3 is 0 Å². The van der Waals surface area contributed by atoms with Gasteiger partial charge in [0.05, 0.1) is 11.3 Å². The SMILES string of the molecule is C=C1C(C)=CC(c2ccccc2)=C(c2c(F)cc(Cl)cc2F)N1C.CC. The van der Waals surface area contributed by atoms with Gasteiger partial charge in [-0.2, -0.15) is 0 Å². The minimum atomic E-state index is -0.698. The lowest BCUT2D eigenvalue weighted by Gasteiger charge is -2.32. The molecule has 0 N–H and O–H groups in total. The number of hydrogen-bond acceptors (Lipinski definition) is 1. The van der Waals surface area contributed by atoms with E-state index in [0.29, 0.717) is 11.4 Å². The monoisotopic (exact) mass is 373 g/mol. The minimum Gasteiger partial charge on any atom is -0.344 e. The minimum absolute atomic E-state index is 0.0274. The van der Waals surface area contributed by atoms with Gasteiger partial charge in [0.25, 0.3) is 0 Å². The van der Waals surface area contributed by atoms with Gasteiger partial charge in [-0.15, -0.1) is 0 Å². The molecule has 0 aliphatic carbocycles. The molecule has 0 saturated carbocycles. The van der Waals surface area contributed by atoms with Crippen molar-refractivity contribution in [3.8, 4) is 0 Å². The van der Waals surface area contributed by atoms with Gasteiger partial charge in [0.2, 0.25) is 0 Å². The molecule has 0 amide bonds. The molecular weight excluding hydrogens is 352 g/mol. The molecule has 0 bridgehead atoms. The van der Waals surface area contributed by atoms with Crippen LogP contribution >= 0.6 is 11.6 Å². The molecule has 26 heavy (non-hydrogen) atoms. The fraction of sp³-hybridized carbons (Fsp3) is 0.182. The van der Waals surface area contributed by atoms with Crippen LogP contribution in [0.1, 0.15) is 31.9 Å². The Balaban J connectivity index is 0.00000117. The second kappa shape index (κ2) is 8.33. The molecule has 4 heteroatoms. The van der Waals surface area contributed by atoms with Crippen LogP contribution in [0.2, 0.25) is 5.02 Å². The third-order valence-electron chi connectivity index (χ3n) is 4.14. The van der Waals surface area contributed by atoms with Crippen molar-refractivity contribution in [3.05, 3.63) is 94.2 Å². The lowest BCUT2D eigenvalue weighted by Crippen LogP contribution is -2.22. The Kier molecular flexibility index (Phi) is 6.38. The van der Waals surface area contributed by atoms with Crippen LogP contribution in [0.3, 0.4) is 0 Å². The topological polar surface area (TPSA) is 3.24 Å². The van der Waals surface area contributed by atoms with Crippen molar-refractivity contribution in [2.45, 2.75) is 20.8 Å². The van der Waals surface area contributed by atoms with E-state index < -0.39 is 11.6 Å². The molecule has 136 valence electrons. The Labute approximate surface area is 158 Å². The highest BCUT2D eigenvalue weighted by Gasteiger charge is 2.26. The summed E-state index contributed by atoms with van der Waals surface area (Å²) in [6, 6.07) is 11.7. The van der Waals surface area contributed by atoms with Crippen molar-refractivity contribution in [1.82, 2.24) is 4.90 Å². The Hall–Kier alpha value is -2.39. The van der Waals surface area contributed by atoms with Gasteiger partial charge in [0.1, 0.15) is 11.6 Å². The number of halogens is 3. The lowest BCUT2D eigenvalue weighted by atomic mass is 9.92. The number of allylic oxidation sites excluding steroid dienone is 3. The van der Waals surface area contributed by atoms with Crippen molar-refractivity contribution in [3.63, 3.8) is 0 Å². The predicted octanol–water partition coefficient (Wildman–Crippen LogP) is 6.92. The maximum absolute atomic E-state index is 14.5. The van der Waals surface area contributed by atoms with E-state index in [2.05, 4.69) is 6.58 Å². The molecule has 0 atom stereocenters. The van der Waals surface area contributed by atoms with Crippen LogP contribution in [0.4, 0.5) is 8.78 Å². The Morgan fingerprint density at radius 2 is 1.54 bits per heavy atom. The van der Waals surface area contributed by atoms with Crippen LogP contribution in [-0.4, -0.2) is 11.9 Å². The highest BCUT2D eigenvalue weighted by molar-refractivity contribution is 6.30. The molecule has 0 unspecified atom stereocenters. The number of benzene rings is 2. The summed E-state index contributed by atoms with van der Waals surface area (Å²) in [6.07, 6.45) is 1.90. The van der Waals surface area contributed by atoms with Crippen molar-refractivity contribution >= 4 is 22.9 Å². The van der Waals surface area contributed by atoms with Gasteiger partial charge in [0, 0.05) is 23.3 Å². The first-order chi connectivity index (χ1) is 12.4. The molecule has 2 aromatic rings. The first-order valence-electron chi connectivity index (χ1n) is 8.46. The number of rotatable bonds is 2. The van der Waals surface area contributed by atoms with Crippen LogP contribution in [0.25, 0.3) is 11.3 Å². The molecule has 0 aromatic heterocycles. The molecule has 0 spiro atoms. The molecule has 0 saturated heterocycles. The highest BCUT2D eigenvalue weighted by Crippen LogP contribution is 2.40. The van der Waals surface area contributed by atoms with E-state index in [1.54, 1.807) is 11.9 Å². The molecular formula is C22H22ClF2N. The van der Waals surface area contributed by atoms with Gasteiger partial charge in [-0.1, -0.05) is 62.4 Å². The van der Waals surface area contributed by atoms with Crippen molar-refractivity contribution in [1.29, 1.82) is 0 Å². The third kappa shape index (κ3) is 3.73. The second-order valence-electron chi connectivity index (χ2n) is 5.71. The average Bonchev–Trinajstić information content (AvgIpc) is 2.63. The number of hydrogen-bond donors (Lipinski definition) is 0. The first-order valence-corrected chi connectivity index (χ1v) is 8.84. The van der Waals surface area contributed by atoms with E-state index in [0.717, 1.165) is 28.8 Å². The summed E-state index contributed by atoms with van der Waals surface area (Å²) in [5.41, 5.74) is 3.57. The van der Waals surface area contributed by atoms with Crippen LogP contribution in [0.15, 0.2) is 66.4 Å². The van der Waals surface area contributed by atoms with Gasteiger partial charge < -0.3 is 4.90 Å². The summed E-state index contributed by atoms with van der Waals surface area (Å²) in [7, 11) is 1.75. The van der Waals surface area contributed by atoms with E-state index in [1.807, 2.05) is 57.2 Å². The maximum atomic E-state index is 14.5. The highest BCUT2D eigenvalue weighted by atomic mass is 35.5. The maximum Gasteiger partial charge on any atom is 0.136 e. The first kappa shape index (κ1) is 19.9. The molecule has 2 aromatic carbocycles. The van der Waals surface area contributed by atoms with Gasteiger partial charge in [-0.25, -0.2) is 8.78 Å². The molecule has 0 radical (unpaired) electrons. The molecule has 1 aliphatic heterocycles. The zero-order chi connectivity index (χ0) is 19.4. The van der Waals surface area contributed by atoms with E-state index >= 15 is 0 Å². The Bertz CT molecular complexity index is 859. The van der Waals surface area contributed by atoms with Crippen molar-refractivity contribution in [2.75, 3.05) is 7.05 Å². The number of likely N-dealkylation sites (N-methyl/N-ethyl adjacent to an activating group) is 1. The van der Waals surface area contributed by atoms with E-state index in [-0.39, 0.29) is 10.6 Å². The zero-order valence-corrected chi connectivity index (χ0v) is 16.2. The summed E-state index contributed by atoms with van der Waals surface area (Å²) >= 11 is 5.76. The zero-order valence-electron chi connectivity index (χ0n) is 15.4. The van der Waals surface area contributed by atoms with E-state index in [1.165, 1.54) is 0 Å². The largest absolute Gasteiger partial charge is 0.344 e. The molecule has 0 fully saturated rings. The van der Waals surface area contributed by atoms with Crippen molar-refractivity contribution < 1.29 is 8.78 Å². The standard InChI is InChI=1S/C20H16ClF2N.C2H6/c1-12-9-16(14-7-5-4-6-8-14)20(24(3)13(12)2)19-17(22)10-15(21)11-18(19)23;1-2/h4-11H,2H2,1,3H3;1-2H3. The summed E-state index contributed by atoms with van der Waals surface area (Å²) in [4.78, 5) is 1.72. The average molecular weight is 374 g/mol. The van der Waals surface area contributed by atoms with Gasteiger partial charge in [-0.05, 0) is 36.3 Å². The second-order valence-corrected chi connectivity index (χ2v) is 6.14. The quantitative estimate of drug-likeness (QED) is 0.552. The van der Waals surface area contributed by atoms with Crippen LogP contribution < -0.4 is 0 Å². The Morgan fingerprint density at radius 3 is 2.08 bits per heavy atom. The van der Waals surface area contributed by atoms with E-state index in [4.69, 9.17) is 11.6 Å². The fourth-order valence-electron chi connectivity index (χ4n) is 2.86. The van der Waals surface area contributed by atoms with Crippen molar-refractivity contribution in [2.24, 2.45) is 0 Å². The van der Waals surface area contributed by atoms with Gasteiger partial charge in [0.15, 0.2) is 0 Å². The third-order valence-corrected chi connectivity index (χ3v) is 4.36. The number of nitrogens with zero attached hydrogens (tertiary/aromatic N) is 1. The van der Waals surface area contributed by atoms with Gasteiger partial charge in [-0.3, -0.25) is 0 Å². The van der Waals surface area contributed by atoms with Crippen LogP contribution in [0, 0.1) is 11.6 Å². The van der Waals surface area contributed by atoms with Crippen LogP contribution in [0.5, 0.6) is 0 Å². The summed E-state index contributed by atoms with van der Waals surface area (Å²) in [6.45, 7) is 9.93. The summed E-state index contributed by atoms with van der Waals surface area (Å²) in [5, 5.41) is 0.0274. The molecule has 1 heterocycles. The van der Waals surface area contributed by atoms with Crippen LogP contribution in [-0.2, 0) is 0 Å². The Morgan fingerprint density at radius 1 is 1.00 bits per heavy atom. The van der Waals surface area contributed by atoms with E-state index in [9.17, 15) is 8.78 Å².